The summed E-state index contributed by atoms with van der Waals surface area (Å²) < 4.78 is 5.75. The van der Waals surface area contributed by atoms with Crippen molar-refractivity contribution in [2.75, 3.05) is 0 Å². The molecule has 1 heteroatoms. The maximum absolute atomic E-state index is 5.75. The molecule has 0 spiro atoms. The molecule has 0 atom stereocenters. The maximum Gasteiger partial charge on any atom is 0.126 e. The highest BCUT2D eigenvalue weighted by atomic mass is 16.5. The van der Waals surface area contributed by atoms with Crippen LogP contribution < -0.4 is 4.74 Å². The number of aryl methyl sites for hydroxylation is 1. The summed E-state index contributed by atoms with van der Waals surface area (Å²) in [4.78, 5) is 0. The molecule has 1 aromatic rings. The fourth-order valence-electron chi connectivity index (χ4n) is 4.50. The summed E-state index contributed by atoms with van der Waals surface area (Å²) in [5, 5.41) is 0. The molecular formula is C32H56O. The van der Waals surface area contributed by atoms with Gasteiger partial charge in [-0.05, 0) is 49.5 Å². The van der Waals surface area contributed by atoms with Gasteiger partial charge in [0.1, 0.15) is 5.75 Å². The average molecular weight is 457 g/mol. The summed E-state index contributed by atoms with van der Waals surface area (Å²) >= 11 is 0. The lowest BCUT2D eigenvalue weighted by atomic mass is 10.0. The van der Waals surface area contributed by atoms with E-state index in [9.17, 15) is 0 Å². The van der Waals surface area contributed by atoms with Crippen LogP contribution in [-0.2, 0) is 6.42 Å². The molecular weight excluding hydrogens is 400 g/mol. The lowest BCUT2D eigenvalue weighted by Gasteiger charge is -2.05. The zero-order valence-electron chi connectivity index (χ0n) is 22.4. The van der Waals surface area contributed by atoms with Crippen LogP contribution in [0.4, 0.5) is 0 Å². The van der Waals surface area contributed by atoms with Gasteiger partial charge in [-0.2, -0.15) is 0 Å². The molecule has 0 aliphatic heterocycles. The first-order valence-electron chi connectivity index (χ1n) is 14.8. The Hall–Kier alpha value is -1.24. The van der Waals surface area contributed by atoms with Gasteiger partial charge in [0.15, 0.2) is 0 Å². The Kier molecular flexibility index (Phi) is 21.6. The molecule has 0 fully saturated rings. The number of hydrogen-bond donors (Lipinski definition) is 0. The molecule has 1 aromatic carbocycles. The van der Waals surface area contributed by atoms with Crippen LogP contribution >= 0.6 is 0 Å². The first-order chi connectivity index (χ1) is 16.4. The van der Waals surface area contributed by atoms with Crippen molar-refractivity contribution in [3.63, 3.8) is 0 Å². The van der Waals surface area contributed by atoms with E-state index in [0.717, 1.165) is 12.2 Å². The summed E-state index contributed by atoms with van der Waals surface area (Å²) in [5.74, 6) is 0.957. The predicted octanol–water partition coefficient (Wildman–Crippen LogP) is 11.4. The Morgan fingerprint density at radius 2 is 0.939 bits per heavy atom. The van der Waals surface area contributed by atoms with Gasteiger partial charge in [0, 0.05) is 0 Å². The summed E-state index contributed by atoms with van der Waals surface area (Å²) in [5.41, 5.74) is 1.44. The summed E-state index contributed by atoms with van der Waals surface area (Å²) in [7, 11) is 0. The molecule has 0 aliphatic rings. The lowest BCUT2D eigenvalue weighted by Crippen LogP contribution is -1.88. The van der Waals surface area contributed by atoms with Crippen molar-refractivity contribution in [2.24, 2.45) is 0 Å². The summed E-state index contributed by atoms with van der Waals surface area (Å²) in [6.07, 6.45) is 34.4. The largest absolute Gasteiger partial charge is 0.465 e. The number of benzene rings is 1. The van der Waals surface area contributed by atoms with Crippen LogP contribution in [0.3, 0.4) is 0 Å². The second-order valence-corrected chi connectivity index (χ2v) is 10.0. The zero-order chi connectivity index (χ0) is 23.7. The summed E-state index contributed by atoms with van der Waals surface area (Å²) in [6, 6.07) is 8.71. The third-order valence-corrected chi connectivity index (χ3v) is 6.77. The zero-order valence-corrected chi connectivity index (χ0v) is 22.4. The monoisotopic (exact) mass is 456 g/mol. The Balaban J connectivity index is 1.91. The fourth-order valence-corrected chi connectivity index (χ4v) is 4.50. The molecule has 190 valence electrons. The van der Waals surface area contributed by atoms with E-state index in [2.05, 4.69) is 44.2 Å². The van der Waals surface area contributed by atoms with Gasteiger partial charge in [-0.15, -0.1) is 0 Å². The van der Waals surface area contributed by atoms with E-state index in [1.807, 2.05) is 6.26 Å². The third-order valence-electron chi connectivity index (χ3n) is 6.77. The van der Waals surface area contributed by atoms with E-state index in [1.54, 1.807) is 0 Å². The SMILES string of the molecule is CCCCCCCCC=COc1ccc(CCCCCCCCCCCCCCCC)cc1. The molecule has 0 amide bonds. The smallest absolute Gasteiger partial charge is 0.126 e. The predicted molar refractivity (Wildman–Crippen MR) is 148 cm³/mol. The Morgan fingerprint density at radius 1 is 0.515 bits per heavy atom. The van der Waals surface area contributed by atoms with Crippen LogP contribution in [0, 0.1) is 0 Å². The average Bonchev–Trinajstić information content (AvgIpc) is 2.84. The molecule has 1 nitrogen and oxygen atoms in total. The molecule has 1 rings (SSSR count). The minimum absolute atomic E-state index is 0.957. The number of allylic oxidation sites excluding steroid dienone is 1. The Morgan fingerprint density at radius 3 is 1.42 bits per heavy atom. The van der Waals surface area contributed by atoms with Gasteiger partial charge in [-0.25, -0.2) is 0 Å². The van der Waals surface area contributed by atoms with Gasteiger partial charge >= 0.3 is 0 Å². The number of hydrogen-bond acceptors (Lipinski definition) is 1. The molecule has 0 aliphatic carbocycles. The van der Waals surface area contributed by atoms with E-state index < -0.39 is 0 Å². The third kappa shape index (κ3) is 19.9. The highest BCUT2D eigenvalue weighted by molar-refractivity contribution is 5.27. The number of rotatable bonds is 24. The van der Waals surface area contributed by atoms with Gasteiger partial charge in [-0.3, -0.25) is 0 Å². The van der Waals surface area contributed by atoms with Crippen molar-refractivity contribution in [1.29, 1.82) is 0 Å². The Labute approximate surface area is 207 Å². The number of unbranched alkanes of at least 4 members (excludes halogenated alkanes) is 19. The molecule has 0 N–H and O–H groups in total. The first kappa shape index (κ1) is 29.8. The van der Waals surface area contributed by atoms with Crippen LogP contribution in [0.5, 0.6) is 5.75 Å². The van der Waals surface area contributed by atoms with Crippen molar-refractivity contribution in [1.82, 2.24) is 0 Å². The van der Waals surface area contributed by atoms with Crippen LogP contribution in [0.1, 0.15) is 154 Å². The van der Waals surface area contributed by atoms with E-state index >= 15 is 0 Å². The Bertz CT molecular complexity index is 530. The van der Waals surface area contributed by atoms with Crippen LogP contribution in [-0.4, -0.2) is 0 Å². The van der Waals surface area contributed by atoms with Crippen LogP contribution in [0.2, 0.25) is 0 Å². The second-order valence-electron chi connectivity index (χ2n) is 10.0. The molecule has 0 bridgehead atoms. The standard InChI is InChI=1S/C32H56O/c1-3-5-7-9-11-13-14-15-16-17-18-19-21-23-25-31-26-28-32(29-27-31)33-30-24-22-20-12-10-8-6-4-2/h24,26-30H,3-23,25H2,1-2H3. The normalized spacial score (nSPS) is 11.5. The van der Waals surface area contributed by atoms with Crippen LogP contribution in [0.25, 0.3) is 0 Å². The molecule has 0 radical (unpaired) electrons. The topological polar surface area (TPSA) is 9.23 Å². The molecule has 0 heterocycles. The lowest BCUT2D eigenvalue weighted by molar-refractivity contribution is 0.477. The minimum atomic E-state index is 0.957. The quantitative estimate of drug-likeness (QED) is 0.111. The van der Waals surface area contributed by atoms with E-state index in [-0.39, 0.29) is 0 Å². The van der Waals surface area contributed by atoms with Gasteiger partial charge in [0.25, 0.3) is 0 Å². The van der Waals surface area contributed by atoms with Crippen molar-refractivity contribution >= 4 is 0 Å². The molecule has 33 heavy (non-hydrogen) atoms. The second kappa shape index (κ2) is 23.9. The number of ether oxygens (including phenoxy) is 1. The van der Waals surface area contributed by atoms with Crippen molar-refractivity contribution < 1.29 is 4.74 Å². The summed E-state index contributed by atoms with van der Waals surface area (Å²) in [6.45, 7) is 4.57. The van der Waals surface area contributed by atoms with Gasteiger partial charge in [0.2, 0.25) is 0 Å². The maximum atomic E-state index is 5.75. The van der Waals surface area contributed by atoms with E-state index in [1.165, 1.54) is 140 Å². The highest BCUT2D eigenvalue weighted by Crippen LogP contribution is 2.17. The van der Waals surface area contributed by atoms with Gasteiger partial charge in [0.05, 0.1) is 6.26 Å². The van der Waals surface area contributed by atoms with Crippen molar-refractivity contribution in [3.8, 4) is 5.75 Å². The van der Waals surface area contributed by atoms with Crippen molar-refractivity contribution in [3.05, 3.63) is 42.2 Å². The van der Waals surface area contributed by atoms with Gasteiger partial charge in [-0.1, -0.05) is 142 Å². The van der Waals surface area contributed by atoms with Crippen LogP contribution in [0.15, 0.2) is 36.6 Å². The molecule has 0 aromatic heterocycles. The van der Waals surface area contributed by atoms with E-state index in [4.69, 9.17) is 4.74 Å². The molecule has 0 unspecified atom stereocenters. The highest BCUT2D eigenvalue weighted by Gasteiger charge is 1.97. The van der Waals surface area contributed by atoms with E-state index in [0.29, 0.717) is 0 Å². The molecule has 0 saturated heterocycles. The first-order valence-corrected chi connectivity index (χ1v) is 14.8. The van der Waals surface area contributed by atoms with Crippen molar-refractivity contribution in [2.45, 2.75) is 155 Å². The fraction of sp³-hybridized carbons (Fsp3) is 0.750. The minimum Gasteiger partial charge on any atom is -0.465 e. The van der Waals surface area contributed by atoms with Gasteiger partial charge < -0.3 is 4.74 Å². The molecule has 0 saturated carbocycles.